The molecule has 1 aliphatic rings. The fraction of sp³-hybridized carbons (Fsp3) is 0.333. The van der Waals surface area contributed by atoms with Crippen LogP contribution in [-0.4, -0.2) is 37.6 Å². The van der Waals surface area contributed by atoms with Crippen molar-refractivity contribution in [3.63, 3.8) is 0 Å². The summed E-state index contributed by atoms with van der Waals surface area (Å²) in [6.45, 7) is 1.55. The van der Waals surface area contributed by atoms with E-state index < -0.39 is 11.9 Å². The third-order valence-electron chi connectivity index (χ3n) is 2.74. The smallest absolute Gasteiger partial charge is 0.250 e. The first-order chi connectivity index (χ1) is 9.08. The van der Waals surface area contributed by atoms with Crippen molar-refractivity contribution in [2.75, 3.05) is 25.1 Å². The van der Waals surface area contributed by atoms with Crippen molar-refractivity contribution in [1.29, 1.82) is 0 Å². The molecule has 0 saturated carbocycles. The number of benzene rings is 1. The van der Waals surface area contributed by atoms with Crippen molar-refractivity contribution in [3.05, 3.63) is 28.8 Å². The number of primary amides is 1. The van der Waals surface area contributed by atoms with Gasteiger partial charge in [0, 0.05) is 12.2 Å². The Kier molecular flexibility index (Phi) is 4.36. The lowest BCUT2D eigenvalue weighted by Gasteiger charge is -2.23. The van der Waals surface area contributed by atoms with Crippen LogP contribution in [0.1, 0.15) is 10.4 Å². The van der Waals surface area contributed by atoms with Crippen LogP contribution >= 0.6 is 11.6 Å². The molecule has 2 amide bonds. The Labute approximate surface area is 115 Å². The lowest BCUT2D eigenvalue weighted by molar-refractivity contribution is -0.120. The molecule has 1 unspecified atom stereocenters. The topological polar surface area (TPSA) is 93.5 Å². The normalized spacial score (nSPS) is 18.9. The summed E-state index contributed by atoms with van der Waals surface area (Å²) >= 11 is 5.83. The first kappa shape index (κ1) is 13.8. The van der Waals surface area contributed by atoms with E-state index in [0.717, 1.165) is 0 Å². The van der Waals surface area contributed by atoms with Gasteiger partial charge in [-0.05, 0) is 18.2 Å². The molecule has 2 rings (SSSR count). The molecule has 1 atom stereocenters. The Morgan fingerprint density at radius 1 is 1.47 bits per heavy atom. The van der Waals surface area contributed by atoms with Crippen LogP contribution in [0.2, 0.25) is 5.02 Å². The number of nitrogens with two attached hydrogens (primary N) is 1. The molecule has 19 heavy (non-hydrogen) atoms. The summed E-state index contributed by atoms with van der Waals surface area (Å²) in [6.07, 6.45) is 0. The highest BCUT2D eigenvalue weighted by Gasteiger charge is 2.21. The molecule has 1 aromatic carbocycles. The zero-order valence-corrected chi connectivity index (χ0v) is 10.9. The molecule has 4 N–H and O–H groups in total. The van der Waals surface area contributed by atoms with Crippen LogP contribution in [0.3, 0.4) is 0 Å². The third kappa shape index (κ3) is 3.44. The quantitative estimate of drug-likeness (QED) is 0.747. The number of halogens is 1. The summed E-state index contributed by atoms with van der Waals surface area (Å²) < 4.78 is 5.20. The van der Waals surface area contributed by atoms with Crippen molar-refractivity contribution < 1.29 is 14.3 Å². The summed E-state index contributed by atoms with van der Waals surface area (Å²) in [5.74, 6) is -0.863. The van der Waals surface area contributed by atoms with E-state index in [4.69, 9.17) is 22.1 Å². The highest BCUT2D eigenvalue weighted by Crippen LogP contribution is 2.20. The molecule has 6 nitrogen and oxygen atoms in total. The summed E-state index contributed by atoms with van der Waals surface area (Å²) in [4.78, 5) is 23.1. The van der Waals surface area contributed by atoms with Gasteiger partial charge in [0.1, 0.15) is 6.04 Å². The molecule has 7 heteroatoms. The fourth-order valence-electron chi connectivity index (χ4n) is 1.76. The van der Waals surface area contributed by atoms with Gasteiger partial charge in [-0.3, -0.25) is 9.59 Å². The Morgan fingerprint density at radius 2 is 2.26 bits per heavy atom. The minimum atomic E-state index is -0.639. The molecular weight excluding hydrogens is 270 g/mol. The summed E-state index contributed by atoms with van der Waals surface area (Å²) in [7, 11) is 0. The second-order valence-corrected chi connectivity index (χ2v) is 4.54. The maximum atomic E-state index is 11.9. The van der Waals surface area contributed by atoms with Crippen molar-refractivity contribution >= 4 is 29.1 Å². The molecule has 0 aromatic heterocycles. The second-order valence-electron chi connectivity index (χ2n) is 4.13. The van der Waals surface area contributed by atoms with Crippen molar-refractivity contribution in [3.8, 4) is 0 Å². The van der Waals surface area contributed by atoms with Crippen LogP contribution in [-0.2, 0) is 9.53 Å². The summed E-state index contributed by atoms with van der Waals surface area (Å²) in [6, 6.07) is 4.17. The molecule has 1 aliphatic heterocycles. The van der Waals surface area contributed by atoms with E-state index in [-0.39, 0.29) is 16.5 Å². The molecule has 102 valence electrons. The average molecular weight is 284 g/mol. The molecule has 0 spiro atoms. The van der Waals surface area contributed by atoms with E-state index in [1.165, 1.54) is 12.1 Å². The number of amides is 2. The first-order valence-electron chi connectivity index (χ1n) is 5.79. The monoisotopic (exact) mass is 283 g/mol. The maximum absolute atomic E-state index is 11.9. The highest BCUT2D eigenvalue weighted by molar-refractivity contribution is 6.34. The predicted molar refractivity (Wildman–Crippen MR) is 71.2 cm³/mol. The minimum Gasteiger partial charge on any atom is -0.378 e. The van der Waals surface area contributed by atoms with Crippen molar-refractivity contribution in [2.24, 2.45) is 5.73 Å². The van der Waals surface area contributed by atoms with Crippen molar-refractivity contribution in [2.45, 2.75) is 6.04 Å². The average Bonchev–Trinajstić information content (AvgIpc) is 2.41. The molecule has 1 saturated heterocycles. The van der Waals surface area contributed by atoms with Gasteiger partial charge in [-0.15, -0.1) is 0 Å². The van der Waals surface area contributed by atoms with Crippen LogP contribution in [0.15, 0.2) is 18.2 Å². The summed E-state index contributed by atoms with van der Waals surface area (Å²) in [5.41, 5.74) is 5.83. The molecule has 1 heterocycles. The van der Waals surface area contributed by atoms with Gasteiger partial charge < -0.3 is 21.1 Å². The minimum absolute atomic E-state index is 0.173. The largest absolute Gasteiger partial charge is 0.378 e. The number of hydrogen-bond acceptors (Lipinski definition) is 4. The fourth-order valence-corrected chi connectivity index (χ4v) is 1.97. The van der Waals surface area contributed by atoms with Gasteiger partial charge in [0.2, 0.25) is 11.8 Å². The molecule has 0 aliphatic carbocycles. The Bertz CT molecular complexity index is 501. The number of carbonyl (C=O) groups excluding carboxylic acids is 2. The molecular formula is C12H14ClN3O3. The van der Waals surface area contributed by atoms with E-state index in [2.05, 4.69) is 10.6 Å². The Morgan fingerprint density at radius 3 is 2.89 bits per heavy atom. The number of anilines is 1. The van der Waals surface area contributed by atoms with E-state index in [9.17, 15) is 9.59 Å². The van der Waals surface area contributed by atoms with Crippen LogP contribution in [0.25, 0.3) is 0 Å². The Balaban J connectivity index is 2.08. The van der Waals surface area contributed by atoms with Crippen LogP contribution < -0.4 is 16.4 Å². The zero-order chi connectivity index (χ0) is 13.8. The molecule has 1 fully saturated rings. The van der Waals surface area contributed by atoms with Gasteiger partial charge >= 0.3 is 0 Å². The maximum Gasteiger partial charge on any atom is 0.250 e. The lowest BCUT2D eigenvalue weighted by atomic mass is 10.1. The van der Waals surface area contributed by atoms with Crippen LogP contribution in [0, 0.1) is 0 Å². The number of morpholine rings is 1. The summed E-state index contributed by atoms with van der Waals surface area (Å²) in [5, 5.41) is 5.97. The van der Waals surface area contributed by atoms with E-state index >= 15 is 0 Å². The number of nitrogens with one attached hydrogen (secondary N) is 2. The lowest BCUT2D eigenvalue weighted by Crippen LogP contribution is -2.48. The standard InChI is InChI=1S/C12H14ClN3O3/c13-9-2-1-7(5-8(9)11(14)17)16-12(18)10-6-19-4-3-15-10/h1-2,5,10,15H,3-4,6H2,(H2,14,17)(H,16,18). The molecule has 0 bridgehead atoms. The van der Waals surface area contributed by atoms with Crippen LogP contribution in [0.4, 0.5) is 5.69 Å². The van der Waals surface area contributed by atoms with Gasteiger partial charge in [-0.1, -0.05) is 11.6 Å². The number of hydrogen-bond donors (Lipinski definition) is 3. The zero-order valence-electron chi connectivity index (χ0n) is 10.1. The van der Waals surface area contributed by atoms with E-state index in [1.54, 1.807) is 6.07 Å². The van der Waals surface area contributed by atoms with Crippen LogP contribution in [0.5, 0.6) is 0 Å². The van der Waals surface area contributed by atoms with E-state index in [0.29, 0.717) is 25.4 Å². The van der Waals surface area contributed by atoms with E-state index in [1.807, 2.05) is 0 Å². The number of rotatable bonds is 3. The molecule has 1 aromatic rings. The number of ether oxygens (including phenoxy) is 1. The second kappa shape index (κ2) is 6.01. The number of carbonyl (C=O) groups is 2. The highest BCUT2D eigenvalue weighted by atomic mass is 35.5. The van der Waals surface area contributed by atoms with Crippen molar-refractivity contribution in [1.82, 2.24) is 5.32 Å². The predicted octanol–water partition coefficient (Wildman–Crippen LogP) is 0.366. The van der Waals surface area contributed by atoms with Gasteiger partial charge in [0.05, 0.1) is 23.8 Å². The van der Waals surface area contributed by atoms with Gasteiger partial charge in [-0.2, -0.15) is 0 Å². The molecule has 0 radical (unpaired) electrons. The van der Waals surface area contributed by atoms with Gasteiger partial charge in [-0.25, -0.2) is 0 Å². The first-order valence-corrected chi connectivity index (χ1v) is 6.17. The third-order valence-corrected chi connectivity index (χ3v) is 3.07. The SMILES string of the molecule is NC(=O)c1cc(NC(=O)C2COCCN2)ccc1Cl. The van der Waals surface area contributed by atoms with Gasteiger partial charge in [0.25, 0.3) is 0 Å². The Hall–Kier alpha value is -1.63. The van der Waals surface area contributed by atoms with Gasteiger partial charge in [0.15, 0.2) is 0 Å².